The van der Waals surface area contributed by atoms with Crippen molar-refractivity contribution in [2.75, 3.05) is 23.9 Å². The lowest BCUT2D eigenvalue weighted by atomic mass is 10.2. The molecular formula is C8H16N4O2S. The summed E-state index contributed by atoms with van der Waals surface area (Å²) >= 11 is 0. The smallest absolute Gasteiger partial charge is 0.182 e. The maximum Gasteiger partial charge on any atom is 0.182 e. The van der Waals surface area contributed by atoms with E-state index in [9.17, 15) is 8.42 Å². The van der Waals surface area contributed by atoms with Gasteiger partial charge in [-0.15, -0.1) is 0 Å². The van der Waals surface area contributed by atoms with Gasteiger partial charge < -0.3 is 11.1 Å². The van der Waals surface area contributed by atoms with E-state index in [1.54, 1.807) is 0 Å². The standard InChI is InChI=1S/C8H16N4O2S/c1-5(2)4-10-8-6(15(3,13)14)7(9)11-12-8/h5H,4H2,1-3H3,(H4,9,10,11,12). The van der Waals surface area contributed by atoms with Crippen molar-refractivity contribution in [3.63, 3.8) is 0 Å². The number of nitrogens with one attached hydrogen (secondary N) is 2. The number of aromatic amines is 1. The van der Waals surface area contributed by atoms with Crippen molar-refractivity contribution >= 4 is 21.5 Å². The molecule has 0 aliphatic rings. The highest BCUT2D eigenvalue weighted by atomic mass is 32.2. The maximum absolute atomic E-state index is 11.4. The minimum atomic E-state index is -3.35. The number of hydrogen-bond donors (Lipinski definition) is 3. The zero-order valence-electron chi connectivity index (χ0n) is 9.03. The van der Waals surface area contributed by atoms with Crippen LogP contribution in [0.25, 0.3) is 0 Å². The van der Waals surface area contributed by atoms with E-state index < -0.39 is 9.84 Å². The molecule has 0 aliphatic carbocycles. The Morgan fingerprint density at radius 2 is 2.13 bits per heavy atom. The van der Waals surface area contributed by atoms with Gasteiger partial charge in [-0.25, -0.2) is 8.42 Å². The van der Waals surface area contributed by atoms with Gasteiger partial charge in [-0.1, -0.05) is 13.8 Å². The lowest BCUT2D eigenvalue weighted by molar-refractivity contribution is 0.602. The van der Waals surface area contributed by atoms with Gasteiger partial charge in [0.25, 0.3) is 0 Å². The molecule has 7 heteroatoms. The maximum atomic E-state index is 11.4. The van der Waals surface area contributed by atoms with Gasteiger partial charge in [0.15, 0.2) is 20.6 Å². The monoisotopic (exact) mass is 232 g/mol. The molecule has 0 bridgehead atoms. The highest BCUT2D eigenvalue weighted by molar-refractivity contribution is 7.91. The zero-order chi connectivity index (χ0) is 11.6. The van der Waals surface area contributed by atoms with Crippen LogP contribution in [-0.4, -0.2) is 31.4 Å². The fraction of sp³-hybridized carbons (Fsp3) is 0.625. The van der Waals surface area contributed by atoms with Gasteiger partial charge in [-0.05, 0) is 5.92 Å². The number of anilines is 2. The van der Waals surface area contributed by atoms with Crippen molar-refractivity contribution in [2.45, 2.75) is 18.7 Å². The Hall–Kier alpha value is -1.24. The fourth-order valence-corrected chi connectivity index (χ4v) is 2.06. The third-order valence-electron chi connectivity index (χ3n) is 1.80. The van der Waals surface area contributed by atoms with Gasteiger partial charge in [-0.3, -0.25) is 5.10 Å². The van der Waals surface area contributed by atoms with Crippen LogP contribution in [0.3, 0.4) is 0 Å². The molecular weight excluding hydrogens is 216 g/mol. The number of hydrogen-bond acceptors (Lipinski definition) is 5. The van der Waals surface area contributed by atoms with E-state index in [-0.39, 0.29) is 10.7 Å². The van der Waals surface area contributed by atoms with Crippen LogP contribution in [0.4, 0.5) is 11.6 Å². The topological polar surface area (TPSA) is 101 Å². The highest BCUT2D eigenvalue weighted by Gasteiger charge is 2.20. The van der Waals surface area contributed by atoms with Crippen LogP contribution in [0.5, 0.6) is 0 Å². The summed E-state index contributed by atoms with van der Waals surface area (Å²) < 4.78 is 22.8. The van der Waals surface area contributed by atoms with Crippen LogP contribution in [0.2, 0.25) is 0 Å². The predicted molar refractivity (Wildman–Crippen MR) is 59.4 cm³/mol. The fourth-order valence-electron chi connectivity index (χ4n) is 1.14. The van der Waals surface area contributed by atoms with E-state index in [1.807, 2.05) is 13.8 Å². The number of sulfone groups is 1. The van der Waals surface area contributed by atoms with E-state index >= 15 is 0 Å². The summed E-state index contributed by atoms with van der Waals surface area (Å²) in [5.74, 6) is 0.766. The van der Waals surface area contributed by atoms with Crippen molar-refractivity contribution < 1.29 is 8.42 Å². The van der Waals surface area contributed by atoms with E-state index in [2.05, 4.69) is 15.5 Å². The third kappa shape index (κ3) is 2.85. The molecule has 0 saturated heterocycles. The highest BCUT2D eigenvalue weighted by Crippen LogP contribution is 2.24. The molecule has 0 unspecified atom stereocenters. The number of aromatic nitrogens is 2. The van der Waals surface area contributed by atoms with Gasteiger partial charge in [0, 0.05) is 12.8 Å². The molecule has 86 valence electrons. The molecule has 0 radical (unpaired) electrons. The molecule has 0 aliphatic heterocycles. The van der Waals surface area contributed by atoms with Crippen LogP contribution in [0.1, 0.15) is 13.8 Å². The second-order valence-electron chi connectivity index (χ2n) is 3.86. The molecule has 0 fully saturated rings. The molecule has 6 nitrogen and oxygen atoms in total. The number of H-pyrrole nitrogens is 1. The minimum absolute atomic E-state index is 0.0446. The largest absolute Gasteiger partial charge is 0.383 e. The first-order chi connectivity index (χ1) is 6.82. The average Bonchev–Trinajstić information content (AvgIpc) is 2.42. The Kier molecular flexibility index (Phi) is 3.23. The van der Waals surface area contributed by atoms with Gasteiger partial charge >= 0.3 is 0 Å². The second kappa shape index (κ2) is 4.09. The van der Waals surface area contributed by atoms with Crippen molar-refractivity contribution in [1.82, 2.24) is 10.2 Å². The normalized spacial score (nSPS) is 12.0. The predicted octanol–water partition coefficient (Wildman–Crippen LogP) is 0.463. The lowest BCUT2D eigenvalue weighted by Crippen LogP contribution is -2.11. The second-order valence-corrected chi connectivity index (χ2v) is 5.81. The molecule has 0 aromatic carbocycles. The Morgan fingerprint density at radius 3 is 2.60 bits per heavy atom. The molecule has 15 heavy (non-hydrogen) atoms. The number of nitrogens with zero attached hydrogens (tertiary/aromatic N) is 1. The lowest BCUT2D eigenvalue weighted by Gasteiger charge is -2.07. The summed E-state index contributed by atoms with van der Waals surface area (Å²) in [5.41, 5.74) is 5.50. The third-order valence-corrected chi connectivity index (χ3v) is 2.95. The first-order valence-electron chi connectivity index (χ1n) is 4.60. The summed E-state index contributed by atoms with van der Waals surface area (Å²) in [6.45, 7) is 4.68. The van der Waals surface area contributed by atoms with Crippen LogP contribution < -0.4 is 11.1 Å². The quantitative estimate of drug-likeness (QED) is 0.700. The van der Waals surface area contributed by atoms with E-state index in [0.717, 1.165) is 6.26 Å². The van der Waals surface area contributed by atoms with Gasteiger partial charge in [0.2, 0.25) is 0 Å². The van der Waals surface area contributed by atoms with Crippen LogP contribution in [0.15, 0.2) is 4.90 Å². The van der Waals surface area contributed by atoms with E-state index in [1.165, 1.54) is 0 Å². The summed E-state index contributed by atoms with van der Waals surface area (Å²) in [6, 6.07) is 0. The molecule has 1 rings (SSSR count). The number of nitrogens with two attached hydrogens (primary N) is 1. The Labute approximate surface area is 89.2 Å². The van der Waals surface area contributed by atoms with Crippen LogP contribution in [-0.2, 0) is 9.84 Å². The molecule has 0 amide bonds. The Morgan fingerprint density at radius 1 is 1.53 bits per heavy atom. The van der Waals surface area contributed by atoms with Gasteiger partial charge in [-0.2, -0.15) is 5.10 Å². The SMILES string of the molecule is CC(C)CNc1n[nH]c(N)c1S(C)(=O)=O. The summed E-state index contributed by atoms with van der Waals surface area (Å²) in [7, 11) is -3.35. The molecule has 0 atom stereocenters. The minimum Gasteiger partial charge on any atom is -0.383 e. The van der Waals surface area contributed by atoms with Gasteiger partial charge in [0.1, 0.15) is 5.82 Å². The van der Waals surface area contributed by atoms with Crippen LogP contribution in [0, 0.1) is 5.92 Å². The first kappa shape index (κ1) is 11.8. The summed E-state index contributed by atoms with van der Waals surface area (Å²) in [4.78, 5) is 0.0446. The molecule has 1 aromatic rings. The van der Waals surface area contributed by atoms with Crippen molar-refractivity contribution in [3.05, 3.63) is 0 Å². The van der Waals surface area contributed by atoms with Crippen molar-refractivity contribution in [2.24, 2.45) is 5.92 Å². The Balaban J connectivity index is 3.00. The Bertz CT molecular complexity index is 435. The molecule has 0 spiro atoms. The number of nitrogen functional groups attached to an aromatic ring is 1. The van der Waals surface area contributed by atoms with E-state index in [0.29, 0.717) is 18.3 Å². The average molecular weight is 232 g/mol. The number of rotatable bonds is 4. The van der Waals surface area contributed by atoms with Gasteiger partial charge in [0.05, 0.1) is 0 Å². The summed E-state index contributed by atoms with van der Waals surface area (Å²) in [6.07, 6.45) is 1.11. The molecule has 4 N–H and O–H groups in total. The van der Waals surface area contributed by atoms with Crippen LogP contribution >= 0.6 is 0 Å². The molecule has 1 aromatic heterocycles. The van der Waals surface area contributed by atoms with E-state index in [4.69, 9.17) is 5.73 Å². The molecule has 1 heterocycles. The summed E-state index contributed by atoms with van der Waals surface area (Å²) in [5, 5.41) is 9.21. The molecule has 0 saturated carbocycles. The first-order valence-corrected chi connectivity index (χ1v) is 6.49. The zero-order valence-corrected chi connectivity index (χ0v) is 9.85. The van der Waals surface area contributed by atoms with Crippen molar-refractivity contribution in [1.29, 1.82) is 0 Å². The van der Waals surface area contributed by atoms with Crippen molar-refractivity contribution in [3.8, 4) is 0 Å².